The SMILES string of the molecule is CCC(C)C(=O)Nc1cccc(CNC(=O)CCNS(=O)(=O)C=Cc2ccccc2)c1. The lowest BCUT2D eigenvalue weighted by Gasteiger charge is -2.11. The fourth-order valence-corrected chi connectivity index (χ4v) is 3.41. The zero-order valence-electron chi connectivity index (χ0n) is 17.8. The predicted molar refractivity (Wildman–Crippen MR) is 123 cm³/mol. The Labute approximate surface area is 184 Å². The van der Waals surface area contributed by atoms with Crippen LogP contribution in [-0.4, -0.2) is 26.8 Å². The molecule has 3 N–H and O–H groups in total. The van der Waals surface area contributed by atoms with Gasteiger partial charge in [0, 0.05) is 36.5 Å². The van der Waals surface area contributed by atoms with E-state index in [0.29, 0.717) is 5.69 Å². The standard InChI is InChI=1S/C23H29N3O4S/c1-3-18(2)23(28)26-21-11-7-10-20(16-21)17-24-22(27)12-14-25-31(29,30)15-13-19-8-5-4-6-9-19/h4-11,13,15-16,18,25H,3,12,14,17H2,1-2H3,(H,24,27)(H,26,28). The van der Waals surface area contributed by atoms with E-state index in [0.717, 1.165) is 23.0 Å². The zero-order chi connectivity index (χ0) is 22.7. The summed E-state index contributed by atoms with van der Waals surface area (Å²) < 4.78 is 26.4. The van der Waals surface area contributed by atoms with E-state index in [4.69, 9.17) is 0 Å². The predicted octanol–water partition coefficient (Wildman–Crippen LogP) is 3.27. The van der Waals surface area contributed by atoms with Gasteiger partial charge in [0.2, 0.25) is 21.8 Å². The van der Waals surface area contributed by atoms with E-state index in [-0.39, 0.29) is 37.2 Å². The summed E-state index contributed by atoms with van der Waals surface area (Å²) in [6, 6.07) is 16.3. The van der Waals surface area contributed by atoms with Crippen molar-refractivity contribution in [3.8, 4) is 0 Å². The number of amides is 2. The number of sulfonamides is 1. The van der Waals surface area contributed by atoms with Crippen LogP contribution < -0.4 is 15.4 Å². The Balaban J connectivity index is 1.76. The topological polar surface area (TPSA) is 104 Å². The third-order valence-corrected chi connectivity index (χ3v) is 5.74. The van der Waals surface area contributed by atoms with Crippen molar-refractivity contribution in [3.63, 3.8) is 0 Å². The van der Waals surface area contributed by atoms with Crippen molar-refractivity contribution in [2.45, 2.75) is 33.2 Å². The molecule has 0 heterocycles. The van der Waals surface area contributed by atoms with Gasteiger partial charge in [0.15, 0.2) is 0 Å². The quantitative estimate of drug-likeness (QED) is 0.496. The van der Waals surface area contributed by atoms with Crippen LogP contribution in [0.3, 0.4) is 0 Å². The maximum Gasteiger partial charge on any atom is 0.233 e. The highest BCUT2D eigenvalue weighted by molar-refractivity contribution is 7.92. The van der Waals surface area contributed by atoms with Crippen LogP contribution in [0.15, 0.2) is 60.0 Å². The Hall–Kier alpha value is -2.97. The molecule has 0 saturated heterocycles. The highest BCUT2D eigenvalue weighted by Gasteiger charge is 2.11. The van der Waals surface area contributed by atoms with Gasteiger partial charge < -0.3 is 10.6 Å². The summed E-state index contributed by atoms with van der Waals surface area (Å²) in [5.41, 5.74) is 2.28. The third-order valence-electron chi connectivity index (χ3n) is 4.64. The Morgan fingerprint density at radius 1 is 1.06 bits per heavy atom. The minimum absolute atomic E-state index is 0.00169. The van der Waals surface area contributed by atoms with E-state index >= 15 is 0 Å². The van der Waals surface area contributed by atoms with Crippen LogP contribution in [0.1, 0.15) is 37.8 Å². The van der Waals surface area contributed by atoms with Crippen molar-refractivity contribution in [3.05, 3.63) is 71.1 Å². The van der Waals surface area contributed by atoms with Crippen LogP contribution in [0.4, 0.5) is 5.69 Å². The van der Waals surface area contributed by atoms with E-state index in [1.165, 1.54) is 6.08 Å². The molecular formula is C23H29N3O4S. The molecule has 166 valence electrons. The first-order valence-electron chi connectivity index (χ1n) is 10.2. The Morgan fingerprint density at radius 3 is 2.52 bits per heavy atom. The van der Waals surface area contributed by atoms with Crippen LogP contribution in [0, 0.1) is 5.92 Å². The van der Waals surface area contributed by atoms with Crippen molar-refractivity contribution >= 4 is 33.6 Å². The number of hydrogen-bond acceptors (Lipinski definition) is 4. The maximum atomic E-state index is 12.0. The van der Waals surface area contributed by atoms with E-state index in [9.17, 15) is 18.0 Å². The minimum Gasteiger partial charge on any atom is -0.352 e. The van der Waals surface area contributed by atoms with Crippen LogP contribution in [0.2, 0.25) is 0 Å². The second-order valence-electron chi connectivity index (χ2n) is 7.18. The molecule has 2 rings (SSSR count). The average molecular weight is 444 g/mol. The second kappa shape index (κ2) is 12.0. The van der Waals surface area contributed by atoms with Gasteiger partial charge in [-0.3, -0.25) is 9.59 Å². The van der Waals surface area contributed by atoms with Gasteiger partial charge in [-0.05, 0) is 35.8 Å². The summed E-state index contributed by atoms with van der Waals surface area (Å²) in [6.07, 6.45) is 2.27. The van der Waals surface area contributed by atoms with Crippen molar-refractivity contribution in [1.82, 2.24) is 10.0 Å². The Morgan fingerprint density at radius 2 is 1.81 bits per heavy atom. The minimum atomic E-state index is -3.62. The van der Waals surface area contributed by atoms with Crippen molar-refractivity contribution in [1.29, 1.82) is 0 Å². The largest absolute Gasteiger partial charge is 0.352 e. The highest BCUT2D eigenvalue weighted by atomic mass is 32.2. The highest BCUT2D eigenvalue weighted by Crippen LogP contribution is 2.13. The summed E-state index contributed by atoms with van der Waals surface area (Å²) in [6.45, 7) is 4.10. The summed E-state index contributed by atoms with van der Waals surface area (Å²) in [7, 11) is -3.62. The molecule has 0 saturated carbocycles. The molecule has 1 unspecified atom stereocenters. The molecule has 0 aliphatic rings. The van der Waals surface area contributed by atoms with Gasteiger partial charge in [0.25, 0.3) is 0 Å². The zero-order valence-corrected chi connectivity index (χ0v) is 18.6. The molecule has 0 radical (unpaired) electrons. The fraction of sp³-hybridized carbons (Fsp3) is 0.304. The van der Waals surface area contributed by atoms with Crippen molar-refractivity contribution in [2.75, 3.05) is 11.9 Å². The lowest BCUT2D eigenvalue weighted by atomic mass is 10.1. The molecule has 7 nitrogen and oxygen atoms in total. The molecule has 1 atom stereocenters. The van der Waals surface area contributed by atoms with Gasteiger partial charge in [0.05, 0.1) is 0 Å². The average Bonchev–Trinajstić information content (AvgIpc) is 2.76. The summed E-state index contributed by atoms with van der Waals surface area (Å²) in [4.78, 5) is 24.0. The molecule has 31 heavy (non-hydrogen) atoms. The summed E-state index contributed by atoms with van der Waals surface area (Å²) in [5, 5.41) is 6.70. The molecule has 2 aromatic carbocycles. The lowest BCUT2D eigenvalue weighted by Crippen LogP contribution is -2.29. The van der Waals surface area contributed by atoms with Gasteiger partial charge in [-0.25, -0.2) is 13.1 Å². The van der Waals surface area contributed by atoms with Crippen molar-refractivity contribution < 1.29 is 18.0 Å². The Kier molecular flexibility index (Phi) is 9.42. The van der Waals surface area contributed by atoms with Gasteiger partial charge in [-0.1, -0.05) is 56.3 Å². The van der Waals surface area contributed by atoms with Gasteiger partial charge in [0.1, 0.15) is 0 Å². The number of nitrogens with one attached hydrogen (secondary N) is 3. The number of anilines is 1. The first-order chi connectivity index (χ1) is 14.8. The van der Waals surface area contributed by atoms with Crippen LogP contribution in [0.5, 0.6) is 0 Å². The normalized spacial score (nSPS) is 12.5. The number of rotatable bonds is 11. The first-order valence-corrected chi connectivity index (χ1v) is 11.7. The third kappa shape index (κ3) is 9.15. The van der Waals surface area contributed by atoms with E-state index < -0.39 is 10.0 Å². The molecule has 0 bridgehead atoms. The summed E-state index contributed by atoms with van der Waals surface area (Å²) >= 11 is 0. The first kappa shape index (κ1) is 24.3. The maximum absolute atomic E-state index is 12.0. The molecule has 2 amide bonds. The molecule has 0 aliphatic carbocycles. The lowest BCUT2D eigenvalue weighted by molar-refractivity contribution is -0.121. The molecular weight excluding hydrogens is 414 g/mol. The van der Waals surface area contributed by atoms with Crippen LogP contribution in [-0.2, 0) is 26.2 Å². The molecule has 0 aromatic heterocycles. The molecule has 0 fully saturated rings. The van der Waals surface area contributed by atoms with Crippen molar-refractivity contribution in [2.24, 2.45) is 5.92 Å². The molecule has 8 heteroatoms. The van der Waals surface area contributed by atoms with Gasteiger partial charge in [-0.2, -0.15) is 0 Å². The number of hydrogen-bond donors (Lipinski definition) is 3. The molecule has 0 aliphatic heterocycles. The van der Waals surface area contributed by atoms with E-state index in [2.05, 4.69) is 15.4 Å². The summed E-state index contributed by atoms with van der Waals surface area (Å²) in [5.74, 6) is -0.393. The number of carbonyl (C=O) groups excluding carboxylic acids is 2. The van der Waals surface area contributed by atoms with E-state index in [1.54, 1.807) is 30.3 Å². The number of benzene rings is 2. The van der Waals surface area contributed by atoms with Gasteiger partial charge in [-0.15, -0.1) is 0 Å². The second-order valence-corrected chi connectivity index (χ2v) is 8.83. The van der Waals surface area contributed by atoms with E-state index in [1.807, 2.05) is 38.1 Å². The Bertz CT molecular complexity index is 1000. The fourth-order valence-electron chi connectivity index (χ4n) is 2.59. The molecule has 2 aromatic rings. The number of carbonyl (C=O) groups is 2. The van der Waals surface area contributed by atoms with Gasteiger partial charge >= 0.3 is 0 Å². The monoisotopic (exact) mass is 443 g/mol. The van der Waals surface area contributed by atoms with Crippen LogP contribution in [0.25, 0.3) is 6.08 Å². The molecule has 0 spiro atoms. The van der Waals surface area contributed by atoms with Crippen LogP contribution >= 0.6 is 0 Å². The smallest absolute Gasteiger partial charge is 0.233 e.